The first kappa shape index (κ1) is 28.7. The zero-order valence-electron chi connectivity index (χ0n) is 20.3. The maximum atomic E-state index is 11.7. The first-order valence-electron chi connectivity index (χ1n) is 12.6. The fraction of sp³-hybridized carbons (Fsp3) is 0.846. The molecule has 0 aliphatic heterocycles. The highest BCUT2D eigenvalue weighted by molar-refractivity contribution is 5.91. The van der Waals surface area contributed by atoms with E-state index in [4.69, 9.17) is 9.47 Å². The van der Waals surface area contributed by atoms with Gasteiger partial charge >= 0.3 is 11.9 Å². The zero-order valence-corrected chi connectivity index (χ0v) is 20.3. The van der Waals surface area contributed by atoms with Crippen LogP contribution >= 0.6 is 0 Å². The van der Waals surface area contributed by atoms with Gasteiger partial charge in [0, 0.05) is 12.2 Å². The van der Waals surface area contributed by atoms with Crippen LogP contribution in [0.4, 0.5) is 0 Å². The van der Waals surface area contributed by atoms with Gasteiger partial charge in [-0.05, 0) is 18.8 Å². The molecule has 0 aliphatic carbocycles. The van der Waals surface area contributed by atoms with Gasteiger partial charge in [0.2, 0.25) is 0 Å². The Morgan fingerprint density at radius 1 is 0.667 bits per heavy atom. The second-order valence-corrected chi connectivity index (χ2v) is 8.72. The topological polar surface area (TPSA) is 52.6 Å². The summed E-state index contributed by atoms with van der Waals surface area (Å²) in [5.74, 6) is -0.692. The number of unbranched alkanes of at least 4 members (excludes halogenated alkanes) is 13. The molecule has 0 aromatic rings. The Bertz CT molecular complexity index is 442. The van der Waals surface area contributed by atoms with Crippen molar-refractivity contribution in [1.29, 1.82) is 0 Å². The highest BCUT2D eigenvalue weighted by Gasteiger charge is 2.14. The molecule has 0 aromatic carbocycles. The Labute approximate surface area is 186 Å². The SMILES string of the molecule is CCCCCCCCCCCCCCCCOC(=O)/C=C/C(=O)OC(CC)C(C)C. The van der Waals surface area contributed by atoms with E-state index < -0.39 is 11.9 Å². The maximum Gasteiger partial charge on any atom is 0.331 e. The highest BCUT2D eigenvalue weighted by atomic mass is 16.5. The van der Waals surface area contributed by atoms with Crippen LogP contribution in [0.15, 0.2) is 12.2 Å². The molecule has 1 atom stereocenters. The highest BCUT2D eigenvalue weighted by Crippen LogP contribution is 2.13. The molecular formula is C26H48O4. The van der Waals surface area contributed by atoms with Gasteiger partial charge in [-0.15, -0.1) is 0 Å². The number of ether oxygens (including phenoxy) is 2. The van der Waals surface area contributed by atoms with Crippen molar-refractivity contribution in [3.05, 3.63) is 12.2 Å². The summed E-state index contributed by atoms with van der Waals surface area (Å²) in [5.41, 5.74) is 0. The van der Waals surface area contributed by atoms with Gasteiger partial charge in [-0.1, -0.05) is 111 Å². The molecule has 0 aliphatic rings. The van der Waals surface area contributed by atoms with E-state index in [9.17, 15) is 9.59 Å². The van der Waals surface area contributed by atoms with Crippen LogP contribution in [0.5, 0.6) is 0 Å². The second kappa shape index (κ2) is 20.9. The van der Waals surface area contributed by atoms with Crippen molar-refractivity contribution in [2.75, 3.05) is 6.61 Å². The molecule has 0 amide bonds. The minimum absolute atomic E-state index is 0.117. The summed E-state index contributed by atoms with van der Waals surface area (Å²) in [6, 6.07) is 0. The van der Waals surface area contributed by atoms with Crippen LogP contribution in [-0.2, 0) is 19.1 Å². The second-order valence-electron chi connectivity index (χ2n) is 8.72. The maximum absolute atomic E-state index is 11.7. The smallest absolute Gasteiger partial charge is 0.331 e. The molecule has 0 heterocycles. The van der Waals surface area contributed by atoms with Crippen molar-refractivity contribution in [1.82, 2.24) is 0 Å². The molecule has 176 valence electrons. The third-order valence-corrected chi connectivity index (χ3v) is 5.51. The molecule has 4 heteroatoms. The molecule has 0 bridgehead atoms. The van der Waals surface area contributed by atoms with Gasteiger partial charge in [0.1, 0.15) is 6.10 Å². The van der Waals surface area contributed by atoms with Crippen LogP contribution in [0.1, 0.15) is 124 Å². The molecule has 0 N–H and O–H groups in total. The van der Waals surface area contributed by atoms with Crippen molar-refractivity contribution < 1.29 is 19.1 Å². The van der Waals surface area contributed by atoms with Crippen LogP contribution in [0, 0.1) is 5.92 Å². The number of carbonyl (C=O) groups is 2. The molecule has 4 nitrogen and oxygen atoms in total. The van der Waals surface area contributed by atoms with Gasteiger partial charge in [0.25, 0.3) is 0 Å². The van der Waals surface area contributed by atoms with Gasteiger partial charge in [-0.2, -0.15) is 0 Å². The van der Waals surface area contributed by atoms with Crippen LogP contribution in [0.25, 0.3) is 0 Å². The molecular weight excluding hydrogens is 376 g/mol. The first-order chi connectivity index (χ1) is 14.5. The van der Waals surface area contributed by atoms with Gasteiger partial charge in [0.15, 0.2) is 0 Å². The van der Waals surface area contributed by atoms with Gasteiger partial charge < -0.3 is 9.47 Å². The third-order valence-electron chi connectivity index (χ3n) is 5.51. The van der Waals surface area contributed by atoms with Gasteiger partial charge in [-0.25, -0.2) is 9.59 Å². The van der Waals surface area contributed by atoms with E-state index in [0.717, 1.165) is 19.3 Å². The average molecular weight is 425 g/mol. The normalized spacial score (nSPS) is 12.4. The lowest BCUT2D eigenvalue weighted by Gasteiger charge is -2.18. The average Bonchev–Trinajstić information content (AvgIpc) is 2.73. The molecule has 0 radical (unpaired) electrons. The van der Waals surface area contributed by atoms with E-state index in [1.165, 1.54) is 89.2 Å². The lowest BCUT2D eigenvalue weighted by Crippen LogP contribution is -2.21. The quantitative estimate of drug-likeness (QED) is 0.115. The Morgan fingerprint density at radius 2 is 1.10 bits per heavy atom. The van der Waals surface area contributed by atoms with E-state index in [-0.39, 0.29) is 12.0 Å². The van der Waals surface area contributed by atoms with Crippen LogP contribution in [0.3, 0.4) is 0 Å². The minimum atomic E-state index is -0.482. The predicted octanol–water partition coefficient (Wildman–Crippen LogP) is 7.54. The van der Waals surface area contributed by atoms with Crippen molar-refractivity contribution in [3.8, 4) is 0 Å². The molecule has 0 fully saturated rings. The Balaban J connectivity index is 3.47. The number of hydrogen-bond donors (Lipinski definition) is 0. The number of esters is 2. The van der Waals surface area contributed by atoms with Crippen molar-refractivity contribution in [2.45, 2.75) is 130 Å². The summed E-state index contributed by atoms with van der Waals surface area (Å²) in [6.07, 6.45) is 21.2. The van der Waals surface area contributed by atoms with Gasteiger partial charge in [0.05, 0.1) is 6.61 Å². The Morgan fingerprint density at radius 3 is 1.53 bits per heavy atom. The van der Waals surface area contributed by atoms with E-state index in [2.05, 4.69) is 6.92 Å². The number of rotatable bonds is 20. The monoisotopic (exact) mass is 424 g/mol. The number of hydrogen-bond acceptors (Lipinski definition) is 4. The Kier molecular flexibility index (Phi) is 20.0. The lowest BCUT2D eigenvalue weighted by molar-refractivity contribution is -0.146. The molecule has 30 heavy (non-hydrogen) atoms. The van der Waals surface area contributed by atoms with Gasteiger partial charge in [-0.3, -0.25) is 0 Å². The van der Waals surface area contributed by atoms with E-state index >= 15 is 0 Å². The minimum Gasteiger partial charge on any atom is -0.463 e. The zero-order chi connectivity index (χ0) is 22.5. The number of carbonyl (C=O) groups excluding carboxylic acids is 2. The van der Waals surface area contributed by atoms with Crippen LogP contribution in [-0.4, -0.2) is 24.6 Å². The summed E-state index contributed by atoms with van der Waals surface area (Å²) >= 11 is 0. The molecule has 0 saturated heterocycles. The molecule has 0 aromatic heterocycles. The summed E-state index contributed by atoms with van der Waals surface area (Å²) in [5, 5.41) is 0. The molecule has 0 rings (SSSR count). The Hall–Kier alpha value is -1.32. The molecule has 0 saturated carbocycles. The summed E-state index contributed by atoms with van der Waals surface area (Å²) < 4.78 is 10.5. The standard InChI is InChI=1S/C26H48O4/c1-5-7-8-9-10-11-12-13-14-15-16-17-18-19-22-29-25(27)20-21-26(28)30-24(6-2)23(3)4/h20-21,23-24H,5-19,22H2,1-4H3/b21-20+. The predicted molar refractivity (Wildman–Crippen MR) is 125 cm³/mol. The van der Waals surface area contributed by atoms with Crippen molar-refractivity contribution in [3.63, 3.8) is 0 Å². The fourth-order valence-electron chi connectivity index (χ4n) is 3.53. The van der Waals surface area contributed by atoms with Crippen molar-refractivity contribution >= 4 is 11.9 Å². The summed E-state index contributed by atoms with van der Waals surface area (Å²) in [6.45, 7) is 8.68. The van der Waals surface area contributed by atoms with E-state index in [1.54, 1.807) is 0 Å². The largest absolute Gasteiger partial charge is 0.463 e. The lowest BCUT2D eigenvalue weighted by atomic mass is 10.0. The van der Waals surface area contributed by atoms with Crippen molar-refractivity contribution in [2.24, 2.45) is 5.92 Å². The fourth-order valence-corrected chi connectivity index (χ4v) is 3.53. The first-order valence-corrected chi connectivity index (χ1v) is 12.6. The van der Waals surface area contributed by atoms with E-state index in [1.807, 2.05) is 20.8 Å². The van der Waals surface area contributed by atoms with E-state index in [0.29, 0.717) is 6.61 Å². The summed E-state index contributed by atoms with van der Waals surface area (Å²) in [7, 11) is 0. The third kappa shape index (κ3) is 18.7. The summed E-state index contributed by atoms with van der Waals surface area (Å²) in [4.78, 5) is 23.4. The van der Waals surface area contributed by atoms with Crippen LogP contribution < -0.4 is 0 Å². The van der Waals surface area contributed by atoms with Crippen LogP contribution in [0.2, 0.25) is 0 Å². The molecule has 0 spiro atoms. The molecule has 1 unspecified atom stereocenters.